The van der Waals surface area contributed by atoms with E-state index >= 15 is 0 Å². The molecule has 4 atom stereocenters. The van der Waals surface area contributed by atoms with Gasteiger partial charge < -0.3 is 19.7 Å². The van der Waals surface area contributed by atoms with Crippen molar-refractivity contribution in [2.24, 2.45) is 23.7 Å². The summed E-state index contributed by atoms with van der Waals surface area (Å²) in [7, 11) is 3.02. The molecule has 1 heterocycles. The van der Waals surface area contributed by atoms with Gasteiger partial charge in [-0.2, -0.15) is 0 Å². The number of hydrogen-bond acceptors (Lipinski definition) is 5. The third kappa shape index (κ3) is 4.70. The smallest absolute Gasteiger partial charge is 0.310 e. The fourth-order valence-corrected chi connectivity index (χ4v) is 4.42. The average molecular weight is 399 g/mol. The quantitative estimate of drug-likeness (QED) is 0.589. The SMILES string of the molecule is C=C[C@H]1C[C@@H](/C=C/c2ccc(OC)cc2)[C@@H](C(=O)OC)[C@H]1C(=O)N1CCNCC1. The van der Waals surface area contributed by atoms with Crippen LogP contribution in [-0.4, -0.2) is 57.2 Å². The third-order valence-electron chi connectivity index (χ3n) is 6.00. The molecule has 0 aromatic heterocycles. The molecule has 1 aromatic rings. The van der Waals surface area contributed by atoms with E-state index in [1.54, 1.807) is 7.11 Å². The molecule has 1 saturated heterocycles. The van der Waals surface area contributed by atoms with Crippen LogP contribution in [0.15, 0.2) is 43.0 Å². The number of rotatable bonds is 6. The van der Waals surface area contributed by atoms with Crippen LogP contribution < -0.4 is 10.1 Å². The first-order valence-corrected chi connectivity index (χ1v) is 10.1. The van der Waals surface area contributed by atoms with Crippen molar-refractivity contribution >= 4 is 18.0 Å². The Balaban J connectivity index is 1.83. The number of carbonyl (C=O) groups is 2. The van der Waals surface area contributed by atoms with Gasteiger partial charge in [0.05, 0.1) is 26.1 Å². The predicted molar refractivity (Wildman–Crippen MR) is 112 cm³/mol. The summed E-state index contributed by atoms with van der Waals surface area (Å²) in [5.41, 5.74) is 1.02. The molecule has 1 amide bonds. The van der Waals surface area contributed by atoms with Crippen molar-refractivity contribution in [3.05, 3.63) is 48.6 Å². The second-order valence-corrected chi connectivity index (χ2v) is 7.58. The van der Waals surface area contributed by atoms with E-state index in [0.29, 0.717) is 19.5 Å². The second kappa shape index (κ2) is 9.74. The van der Waals surface area contributed by atoms with E-state index in [1.807, 2.05) is 47.4 Å². The first-order valence-electron chi connectivity index (χ1n) is 10.1. The molecule has 1 saturated carbocycles. The van der Waals surface area contributed by atoms with Crippen LogP contribution in [0.2, 0.25) is 0 Å². The molecule has 2 fully saturated rings. The van der Waals surface area contributed by atoms with Crippen molar-refractivity contribution < 1.29 is 19.1 Å². The number of hydrogen-bond donors (Lipinski definition) is 1. The van der Waals surface area contributed by atoms with Crippen LogP contribution in [0.3, 0.4) is 0 Å². The first kappa shape index (κ1) is 21.1. The van der Waals surface area contributed by atoms with Gasteiger partial charge in [-0.25, -0.2) is 0 Å². The predicted octanol–water partition coefficient (Wildman–Crippen LogP) is 2.37. The number of ether oxygens (including phenoxy) is 2. The van der Waals surface area contributed by atoms with Gasteiger partial charge in [0.1, 0.15) is 5.75 Å². The topological polar surface area (TPSA) is 67.9 Å². The highest BCUT2D eigenvalue weighted by molar-refractivity contribution is 5.87. The third-order valence-corrected chi connectivity index (χ3v) is 6.00. The molecule has 1 aliphatic carbocycles. The molecule has 2 aliphatic rings. The number of amides is 1. The molecular formula is C23H30N2O4. The number of esters is 1. The number of carbonyl (C=O) groups excluding carboxylic acids is 2. The molecule has 0 bridgehead atoms. The van der Waals surface area contributed by atoms with Crippen LogP contribution in [0, 0.1) is 23.7 Å². The Bertz CT molecular complexity index is 753. The Labute approximate surface area is 172 Å². The van der Waals surface area contributed by atoms with Gasteiger partial charge in [-0.3, -0.25) is 9.59 Å². The molecular weight excluding hydrogens is 368 g/mol. The molecule has 156 valence electrons. The highest BCUT2D eigenvalue weighted by Crippen LogP contribution is 2.45. The van der Waals surface area contributed by atoms with Crippen LogP contribution >= 0.6 is 0 Å². The van der Waals surface area contributed by atoms with Gasteiger partial charge in [0.25, 0.3) is 0 Å². The number of benzene rings is 1. The maximum Gasteiger partial charge on any atom is 0.310 e. The van der Waals surface area contributed by atoms with Crippen LogP contribution in [0.4, 0.5) is 0 Å². The van der Waals surface area contributed by atoms with Crippen LogP contribution in [0.5, 0.6) is 5.75 Å². The molecule has 1 aliphatic heterocycles. The molecule has 29 heavy (non-hydrogen) atoms. The lowest BCUT2D eigenvalue weighted by molar-refractivity contribution is -0.153. The Hall–Kier alpha value is -2.60. The van der Waals surface area contributed by atoms with E-state index in [-0.39, 0.29) is 23.7 Å². The summed E-state index contributed by atoms with van der Waals surface area (Å²) in [6.45, 7) is 6.83. The number of nitrogens with zero attached hydrogens (tertiary/aromatic N) is 1. The van der Waals surface area contributed by atoms with Crippen molar-refractivity contribution in [1.29, 1.82) is 0 Å². The largest absolute Gasteiger partial charge is 0.497 e. The highest BCUT2D eigenvalue weighted by atomic mass is 16.5. The molecule has 0 unspecified atom stereocenters. The standard InChI is InChI=1S/C23H30N2O4/c1-4-17-15-18(8-5-16-6-9-19(28-2)10-7-16)21(23(27)29-3)20(17)22(26)25-13-11-24-12-14-25/h4-10,17-18,20-21,24H,1,11-15H2,2-3H3/b8-5+/t17-,18+,20-,21+/m0/s1. The molecule has 1 N–H and O–H groups in total. The summed E-state index contributed by atoms with van der Waals surface area (Å²) in [6, 6.07) is 7.72. The lowest BCUT2D eigenvalue weighted by Gasteiger charge is -2.32. The van der Waals surface area contributed by atoms with Gasteiger partial charge in [0, 0.05) is 26.2 Å². The van der Waals surface area contributed by atoms with Crippen LogP contribution in [-0.2, 0) is 14.3 Å². The molecule has 0 radical (unpaired) electrons. The van der Waals surface area contributed by atoms with Crippen molar-refractivity contribution in [1.82, 2.24) is 10.2 Å². The minimum atomic E-state index is -0.500. The molecule has 6 heteroatoms. The van der Waals surface area contributed by atoms with Gasteiger partial charge in [0.15, 0.2) is 0 Å². The summed E-state index contributed by atoms with van der Waals surface area (Å²) >= 11 is 0. The Morgan fingerprint density at radius 1 is 1.10 bits per heavy atom. The Kier molecular flexibility index (Phi) is 7.09. The van der Waals surface area contributed by atoms with Gasteiger partial charge in [-0.05, 0) is 36.0 Å². The Morgan fingerprint density at radius 3 is 2.38 bits per heavy atom. The fourth-order valence-electron chi connectivity index (χ4n) is 4.42. The first-order chi connectivity index (χ1) is 14.1. The summed E-state index contributed by atoms with van der Waals surface area (Å²) in [6.07, 6.45) is 6.56. The normalized spacial score (nSPS) is 27.0. The summed E-state index contributed by atoms with van der Waals surface area (Å²) < 4.78 is 10.3. The molecule has 0 spiro atoms. The van der Waals surface area contributed by atoms with E-state index in [9.17, 15) is 9.59 Å². The molecule has 3 rings (SSSR count). The number of methoxy groups -OCH3 is 2. The summed E-state index contributed by atoms with van der Waals surface area (Å²) in [4.78, 5) is 27.8. The van der Waals surface area contributed by atoms with E-state index in [0.717, 1.165) is 24.4 Å². The van der Waals surface area contributed by atoms with Crippen molar-refractivity contribution in [2.75, 3.05) is 40.4 Å². The number of allylic oxidation sites excluding steroid dienone is 2. The van der Waals surface area contributed by atoms with Gasteiger partial charge >= 0.3 is 5.97 Å². The molecule has 1 aromatic carbocycles. The van der Waals surface area contributed by atoms with E-state index in [1.165, 1.54) is 7.11 Å². The van der Waals surface area contributed by atoms with E-state index in [2.05, 4.69) is 11.9 Å². The van der Waals surface area contributed by atoms with Crippen molar-refractivity contribution in [2.45, 2.75) is 6.42 Å². The zero-order chi connectivity index (χ0) is 20.8. The summed E-state index contributed by atoms with van der Waals surface area (Å²) in [5.74, 6) is -0.553. The zero-order valence-electron chi connectivity index (χ0n) is 17.2. The lowest BCUT2D eigenvalue weighted by Crippen LogP contribution is -2.50. The van der Waals surface area contributed by atoms with Crippen molar-refractivity contribution in [3.8, 4) is 5.75 Å². The van der Waals surface area contributed by atoms with Crippen LogP contribution in [0.1, 0.15) is 12.0 Å². The number of nitrogens with one attached hydrogen (secondary N) is 1. The van der Waals surface area contributed by atoms with Gasteiger partial charge in [-0.15, -0.1) is 6.58 Å². The van der Waals surface area contributed by atoms with E-state index in [4.69, 9.17) is 9.47 Å². The zero-order valence-corrected chi connectivity index (χ0v) is 17.2. The maximum atomic E-state index is 13.3. The molecule has 6 nitrogen and oxygen atoms in total. The maximum absolute atomic E-state index is 13.3. The summed E-state index contributed by atoms with van der Waals surface area (Å²) in [5, 5.41) is 3.26. The van der Waals surface area contributed by atoms with Crippen molar-refractivity contribution in [3.63, 3.8) is 0 Å². The van der Waals surface area contributed by atoms with Crippen LogP contribution in [0.25, 0.3) is 6.08 Å². The minimum absolute atomic E-state index is 0.0344. The van der Waals surface area contributed by atoms with Gasteiger partial charge in [-0.1, -0.05) is 30.4 Å². The van der Waals surface area contributed by atoms with E-state index < -0.39 is 11.8 Å². The monoisotopic (exact) mass is 398 g/mol. The second-order valence-electron chi connectivity index (χ2n) is 7.58. The van der Waals surface area contributed by atoms with Gasteiger partial charge in [0.2, 0.25) is 5.91 Å². The average Bonchev–Trinajstić information content (AvgIpc) is 3.16. The fraction of sp³-hybridized carbons (Fsp3) is 0.478. The number of piperazine rings is 1. The Morgan fingerprint density at radius 2 is 1.79 bits per heavy atom. The lowest BCUT2D eigenvalue weighted by atomic mass is 9.85. The minimum Gasteiger partial charge on any atom is -0.497 e. The highest BCUT2D eigenvalue weighted by Gasteiger charge is 2.50.